The second-order valence-electron chi connectivity index (χ2n) is 5.34. The van der Waals surface area contributed by atoms with E-state index in [-0.39, 0.29) is 18.6 Å². The van der Waals surface area contributed by atoms with Crippen LogP contribution >= 0.6 is 0 Å². The summed E-state index contributed by atoms with van der Waals surface area (Å²) in [5.41, 5.74) is -1.29. The molecular weight excluding hydrogens is 332 g/mol. The van der Waals surface area contributed by atoms with Crippen LogP contribution in [-0.4, -0.2) is 58.1 Å². The lowest BCUT2D eigenvalue weighted by atomic mass is 10.2. The average molecular weight is 354 g/mol. The van der Waals surface area contributed by atoms with Crippen LogP contribution in [0, 0.1) is 11.8 Å². The van der Waals surface area contributed by atoms with Gasteiger partial charge in [-0.05, 0) is 19.8 Å². The SMILES string of the molecule is CCOC(C#Cc1cn([C@H]2C[C@H](O)[C@@H](CO)O2)c(=O)[nH]c1=O)OCC. The van der Waals surface area contributed by atoms with Crippen LogP contribution in [0.1, 0.15) is 32.1 Å². The number of hydrogen-bond donors (Lipinski definition) is 3. The molecule has 3 atom stereocenters. The van der Waals surface area contributed by atoms with Gasteiger partial charge in [-0.1, -0.05) is 5.92 Å². The van der Waals surface area contributed by atoms with Crippen molar-refractivity contribution in [3.8, 4) is 11.8 Å². The maximum atomic E-state index is 12.0. The Labute approximate surface area is 144 Å². The van der Waals surface area contributed by atoms with Crippen molar-refractivity contribution in [3.05, 3.63) is 32.6 Å². The van der Waals surface area contributed by atoms with E-state index in [1.165, 1.54) is 6.20 Å². The molecule has 1 saturated heterocycles. The Hall–Kier alpha value is -1.96. The first kappa shape index (κ1) is 19.4. The van der Waals surface area contributed by atoms with Crippen molar-refractivity contribution in [2.24, 2.45) is 0 Å². The summed E-state index contributed by atoms with van der Waals surface area (Å²) in [6.45, 7) is 4.01. The van der Waals surface area contributed by atoms with Gasteiger partial charge in [0.25, 0.3) is 5.56 Å². The van der Waals surface area contributed by atoms with Gasteiger partial charge in [0.2, 0.25) is 6.29 Å². The van der Waals surface area contributed by atoms with Crippen LogP contribution in [0.25, 0.3) is 0 Å². The van der Waals surface area contributed by atoms with Crippen molar-refractivity contribution >= 4 is 0 Å². The number of aromatic nitrogens is 2. The van der Waals surface area contributed by atoms with Gasteiger partial charge in [0.05, 0.1) is 12.7 Å². The zero-order valence-corrected chi connectivity index (χ0v) is 14.1. The summed E-state index contributed by atoms with van der Waals surface area (Å²) in [7, 11) is 0. The highest BCUT2D eigenvalue weighted by atomic mass is 16.7. The molecule has 2 heterocycles. The molecule has 0 radical (unpaired) electrons. The van der Waals surface area contributed by atoms with Crippen molar-refractivity contribution in [2.75, 3.05) is 19.8 Å². The van der Waals surface area contributed by atoms with Crippen LogP contribution in [0.4, 0.5) is 0 Å². The summed E-state index contributed by atoms with van der Waals surface area (Å²) in [6.07, 6.45) is -1.88. The van der Waals surface area contributed by atoms with Gasteiger partial charge in [0.15, 0.2) is 0 Å². The third-order valence-electron chi connectivity index (χ3n) is 3.62. The van der Waals surface area contributed by atoms with Crippen LogP contribution in [0.15, 0.2) is 15.8 Å². The molecular formula is C16H22N2O7. The topological polar surface area (TPSA) is 123 Å². The number of H-pyrrole nitrogens is 1. The van der Waals surface area contributed by atoms with Crippen molar-refractivity contribution in [1.29, 1.82) is 0 Å². The Morgan fingerprint density at radius 1 is 1.40 bits per heavy atom. The molecule has 0 amide bonds. The van der Waals surface area contributed by atoms with E-state index in [0.717, 1.165) is 4.57 Å². The Morgan fingerprint density at radius 3 is 2.64 bits per heavy atom. The number of nitrogens with one attached hydrogen (secondary N) is 1. The van der Waals surface area contributed by atoms with E-state index in [9.17, 15) is 14.7 Å². The maximum absolute atomic E-state index is 12.0. The monoisotopic (exact) mass is 354 g/mol. The van der Waals surface area contributed by atoms with Crippen molar-refractivity contribution in [2.45, 2.75) is 45.0 Å². The molecule has 1 aliphatic heterocycles. The standard InChI is InChI=1S/C16H22N2O7/c1-3-23-14(24-4-2)6-5-10-8-18(16(22)17-15(10)21)13-7-11(20)12(9-19)25-13/h8,11-14,19-20H,3-4,7,9H2,1-2H3,(H,17,21,22)/t11-,12+,13+/m0/s1. The lowest BCUT2D eigenvalue weighted by molar-refractivity contribution is -0.0969. The highest BCUT2D eigenvalue weighted by Gasteiger charge is 2.35. The van der Waals surface area contributed by atoms with Crippen molar-refractivity contribution < 1.29 is 24.4 Å². The summed E-state index contributed by atoms with van der Waals surface area (Å²) in [4.78, 5) is 26.1. The van der Waals surface area contributed by atoms with Crippen LogP contribution < -0.4 is 11.2 Å². The van der Waals surface area contributed by atoms with E-state index < -0.39 is 36.0 Å². The maximum Gasteiger partial charge on any atom is 0.330 e. The third-order valence-corrected chi connectivity index (χ3v) is 3.62. The minimum Gasteiger partial charge on any atom is -0.394 e. The van der Waals surface area contributed by atoms with Gasteiger partial charge in [-0.25, -0.2) is 4.79 Å². The highest BCUT2D eigenvalue weighted by molar-refractivity contribution is 5.30. The van der Waals surface area contributed by atoms with Gasteiger partial charge < -0.3 is 24.4 Å². The first-order chi connectivity index (χ1) is 12.0. The molecule has 9 heteroatoms. The normalized spacial score (nSPS) is 22.8. The van der Waals surface area contributed by atoms with Crippen LogP contribution in [0.5, 0.6) is 0 Å². The Bertz CT molecular complexity index is 739. The Balaban J connectivity index is 2.30. The van der Waals surface area contributed by atoms with Crippen LogP contribution in [-0.2, 0) is 14.2 Å². The molecule has 3 N–H and O–H groups in total. The molecule has 2 rings (SSSR count). The highest BCUT2D eigenvalue weighted by Crippen LogP contribution is 2.27. The number of nitrogens with zero attached hydrogens (tertiary/aromatic N) is 1. The minimum absolute atomic E-state index is 0.0366. The molecule has 1 aliphatic rings. The number of rotatable bonds is 6. The molecule has 1 fully saturated rings. The summed E-state index contributed by atoms with van der Waals surface area (Å²) in [5.74, 6) is 5.32. The second-order valence-corrected chi connectivity index (χ2v) is 5.34. The number of aliphatic hydroxyl groups excluding tert-OH is 2. The van der Waals surface area contributed by atoms with Gasteiger partial charge >= 0.3 is 5.69 Å². The molecule has 0 spiro atoms. The number of ether oxygens (including phenoxy) is 3. The van der Waals surface area contributed by atoms with Gasteiger partial charge in [-0.3, -0.25) is 14.3 Å². The van der Waals surface area contributed by atoms with E-state index in [2.05, 4.69) is 16.8 Å². The molecule has 0 unspecified atom stereocenters. The zero-order valence-electron chi connectivity index (χ0n) is 14.1. The quantitative estimate of drug-likeness (QED) is 0.439. The molecule has 0 aliphatic carbocycles. The molecule has 25 heavy (non-hydrogen) atoms. The van der Waals surface area contributed by atoms with Crippen molar-refractivity contribution in [1.82, 2.24) is 9.55 Å². The molecule has 0 aromatic carbocycles. The summed E-state index contributed by atoms with van der Waals surface area (Å²) >= 11 is 0. The molecule has 0 bridgehead atoms. The number of aliphatic hydroxyl groups is 2. The fraction of sp³-hybridized carbons (Fsp3) is 0.625. The van der Waals surface area contributed by atoms with Crippen LogP contribution in [0.2, 0.25) is 0 Å². The van der Waals surface area contributed by atoms with Gasteiger partial charge in [-0.15, -0.1) is 0 Å². The Kier molecular flexibility index (Phi) is 6.92. The predicted molar refractivity (Wildman–Crippen MR) is 86.9 cm³/mol. The van der Waals surface area contributed by atoms with E-state index in [0.29, 0.717) is 13.2 Å². The first-order valence-corrected chi connectivity index (χ1v) is 8.04. The third kappa shape index (κ3) is 4.78. The van der Waals surface area contributed by atoms with Gasteiger partial charge in [0.1, 0.15) is 17.9 Å². The second kappa shape index (κ2) is 8.94. The molecule has 9 nitrogen and oxygen atoms in total. The summed E-state index contributed by atoms with van der Waals surface area (Å²) in [5, 5.41) is 18.9. The fourth-order valence-electron chi connectivity index (χ4n) is 2.41. The van der Waals surface area contributed by atoms with E-state index in [4.69, 9.17) is 19.3 Å². The van der Waals surface area contributed by atoms with E-state index >= 15 is 0 Å². The number of hydrogen-bond acceptors (Lipinski definition) is 7. The zero-order chi connectivity index (χ0) is 18.4. The van der Waals surface area contributed by atoms with Crippen molar-refractivity contribution in [3.63, 3.8) is 0 Å². The predicted octanol–water partition coefficient (Wildman–Crippen LogP) is -1.07. The summed E-state index contributed by atoms with van der Waals surface area (Å²) < 4.78 is 17.1. The first-order valence-electron chi connectivity index (χ1n) is 8.04. The lowest BCUT2D eigenvalue weighted by Crippen LogP contribution is -2.33. The minimum atomic E-state index is -0.899. The van der Waals surface area contributed by atoms with E-state index in [1.54, 1.807) is 13.8 Å². The molecule has 0 saturated carbocycles. The van der Waals surface area contributed by atoms with E-state index in [1.807, 2.05) is 0 Å². The van der Waals surface area contributed by atoms with Gasteiger partial charge in [0, 0.05) is 25.8 Å². The largest absolute Gasteiger partial charge is 0.394 e. The molecule has 1 aromatic rings. The average Bonchev–Trinajstić information content (AvgIpc) is 2.95. The lowest BCUT2D eigenvalue weighted by Gasteiger charge is -2.14. The summed E-state index contributed by atoms with van der Waals surface area (Å²) in [6, 6.07) is 0. The Morgan fingerprint density at radius 2 is 2.08 bits per heavy atom. The molecule has 1 aromatic heterocycles. The number of aromatic amines is 1. The molecule has 138 valence electrons. The smallest absolute Gasteiger partial charge is 0.330 e. The van der Waals surface area contributed by atoms with Crippen LogP contribution in [0.3, 0.4) is 0 Å². The fourth-order valence-corrected chi connectivity index (χ4v) is 2.41. The van der Waals surface area contributed by atoms with Gasteiger partial charge in [-0.2, -0.15) is 0 Å².